The van der Waals surface area contributed by atoms with Crippen LogP contribution in [-0.4, -0.2) is 59.8 Å². The maximum Gasteiger partial charge on any atom is 0.317 e. The van der Waals surface area contributed by atoms with Crippen molar-refractivity contribution >= 4 is 34.1 Å². The molecule has 0 radical (unpaired) electrons. The Morgan fingerprint density at radius 3 is 2.54 bits per heavy atom. The molecule has 3 rings (SSSR count). The number of anilines is 2. The van der Waals surface area contributed by atoms with Gasteiger partial charge in [-0.05, 0) is 12.1 Å². The van der Waals surface area contributed by atoms with Crippen molar-refractivity contribution < 1.29 is 9.59 Å². The highest BCUT2D eigenvalue weighted by molar-refractivity contribution is 7.13. The predicted octanol–water partition coefficient (Wildman–Crippen LogP) is 1.01. The number of piperazine rings is 1. The van der Waals surface area contributed by atoms with E-state index in [1.54, 1.807) is 4.90 Å². The molecule has 1 aliphatic heterocycles. The van der Waals surface area contributed by atoms with Crippen LogP contribution in [-0.2, 0) is 4.79 Å². The summed E-state index contributed by atoms with van der Waals surface area (Å²) in [6.07, 6.45) is 0. The number of para-hydroxylation sites is 1. The third-order valence-electron chi connectivity index (χ3n) is 3.69. The van der Waals surface area contributed by atoms with Crippen LogP contribution in [0.1, 0.15) is 0 Å². The zero-order valence-electron chi connectivity index (χ0n) is 13.0. The minimum absolute atomic E-state index is 0.0860. The van der Waals surface area contributed by atoms with Crippen molar-refractivity contribution in [3.63, 3.8) is 0 Å². The van der Waals surface area contributed by atoms with Crippen LogP contribution in [0.4, 0.5) is 15.6 Å². The molecule has 24 heavy (non-hydrogen) atoms. The summed E-state index contributed by atoms with van der Waals surface area (Å²) < 4.78 is 0. The van der Waals surface area contributed by atoms with E-state index in [9.17, 15) is 9.59 Å². The number of hydrogen-bond acceptors (Lipinski definition) is 6. The summed E-state index contributed by atoms with van der Waals surface area (Å²) in [6.45, 7) is 2.71. The van der Waals surface area contributed by atoms with Crippen LogP contribution in [0.25, 0.3) is 0 Å². The van der Waals surface area contributed by atoms with Gasteiger partial charge in [0.05, 0.1) is 6.54 Å². The number of benzene rings is 1. The van der Waals surface area contributed by atoms with Crippen molar-refractivity contribution in [1.82, 2.24) is 20.4 Å². The Bertz CT molecular complexity index is 671. The Labute approximate surface area is 143 Å². The third-order valence-corrected chi connectivity index (χ3v) is 4.30. The Morgan fingerprint density at radius 2 is 1.88 bits per heavy atom. The zero-order valence-corrected chi connectivity index (χ0v) is 13.8. The quantitative estimate of drug-likeness (QED) is 0.862. The molecule has 1 aliphatic rings. The van der Waals surface area contributed by atoms with Gasteiger partial charge in [-0.3, -0.25) is 10.1 Å². The van der Waals surface area contributed by atoms with Crippen molar-refractivity contribution in [2.24, 2.45) is 0 Å². The van der Waals surface area contributed by atoms with Crippen molar-refractivity contribution in [3.8, 4) is 0 Å². The lowest BCUT2D eigenvalue weighted by molar-refractivity contribution is -0.115. The molecule has 1 aromatic heterocycles. The lowest BCUT2D eigenvalue weighted by atomic mass is 10.2. The first kappa shape index (κ1) is 16.2. The van der Waals surface area contributed by atoms with Crippen molar-refractivity contribution in [2.75, 3.05) is 42.9 Å². The molecule has 2 aromatic rings. The standard InChI is InChI=1S/C15H18N6O2S/c22-13(18-14-19-17-11-24-14)10-16-15(23)21-8-6-20(7-9-21)12-4-2-1-3-5-12/h1-5,11H,6-10H2,(H,16,23)(H,18,19,22). The zero-order chi connectivity index (χ0) is 16.8. The van der Waals surface area contributed by atoms with Gasteiger partial charge in [-0.2, -0.15) is 0 Å². The molecule has 2 heterocycles. The van der Waals surface area contributed by atoms with Gasteiger partial charge in [0.15, 0.2) is 0 Å². The van der Waals surface area contributed by atoms with Gasteiger partial charge in [-0.1, -0.05) is 29.5 Å². The fourth-order valence-corrected chi connectivity index (χ4v) is 2.93. The van der Waals surface area contributed by atoms with Crippen LogP contribution < -0.4 is 15.5 Å². The van der Waals surface area contributed by atoms with Gasteiger partial charge in [0.1, 0.15) is 5.51 Å². The van der Waals surface area contributed by atoms with E-state index < -0.39 is 0 Å². The first-order chi connectivity index (χ1) is 11.7. The van der Waals surface area contributed by atoms with E-state index in [1.165, 1.54) is 16.8 Å². The fraction of sp³-hybridized carbons (Fsp3) is 0.333. The number of carbonyl (C=O) groups is 2. The SMILES string of the molecule is O=C(CNC(=O)N1CCN(c2ccccc2)CC1)Nc1nncs1. The number of amides is 3. The van der Waals surface area contributed by atoms with E-state index in [0.29, 0.717) is 18.2 Å². The first-order valence-electron chi connectivity index (χ1n) is 7.61. The molecule has 3 amide bonds. The highest BCUT2D eigenvalue weighted by atomic mass is 32.1. The second-order valence-electron chi connectivity index (χ2n) is 5.26. The molecule has 0 spiro atoms. The van der Waals surface area contributed by atoms with Gasteiger partial charge in [0.25, 0.3) is 0 Å². The monoisotopic (exact) mass is 346 g/mol. The van der Waals surface area contributed by atoms with Crippen LogP contribution in [0.3, 0.4) is 0 Å². The summed E-state index contributed by atoms with van der Waals surface area (Å²) in [5, 5.41) is 13.0. The predicted molar refractivity (Wildman–Crippen MR) is 92.2 cm³/mol. The molecule has 8 nitrogen and oxygen atoms in total. The summed E-state index contributed by atoms with van der Waals surface area (Å²) >= 11 is 1.23. The van der Waals surface area contributed by atoms with Crippen LogP contribution >= 0.6 is 11.3 Å². The van der Waals surface area contributed by atoms with E-state index in [4.69, 9.17) is 0 Å². The van der Waals surface area contributed by atoms with Gasteiger partial charge < -0.3 is 15.1 Å². The molecule has 9 heteroatoms. The van der Waals surface area contributed by atoms with E-state index in [-0.39, 0.29) is 18.5 Å². The first-order valence-corrected chi connectivity index (χ1v) is 8.49. The second kappa shape index (κ2) is 7.73. The smallest absolute Gasteiger partial charge is 0.317 e. The van der Waals surface area contributed by atoms with Gasteiger partial charge in [-0.15, -0.1) is 10.2 Å². The molecular weight excluding hydrogens is 328 g/mol. The summed E-state index contributed by atoms with van der Waals surface area (Å²) in [5.41, 5.74) is 2.69. The summed E-state index contributed by atoms with van der Waals surface area (Å²) in [5.74, 6) is -0.317. The number of nitrogens with zero attached hydrogens (tertiary/aromatic N) is 4. The lowest BCUT2D eigenvalue weighted by Crippen LogP contribution is -2.52. The summed E-state index contributed by atoms with van der Waals surface area (Å²) in [4.78, 5) is 27.8. The third kappa shape index (κ3) is 4.19. The van der Waals surface area contributed by atoms with Crippen LogP contribution in [0.2, 0.25) is 0 Å². The average molecular weight is 346 g/mol. The number of hydrogen-bond donors (Lipinski definition) is 2. The van der Waals surface area contributed by atoms with Crippen LogP contribution in [0.5, 0.6) is 0 Å². The average Bonchev–Trinajstić information content (AvgIpc) is 3.13. The summed E-state index contributed by atoms with van der Waals surface area (Å²) in [6, 6.07) is 9.90. The fourth-order valence-electron chi connectivity index (χ4n) is 2.47. The second-order valence-corrected chi connectivity index (χ2v) is 6.09. The maximum atomic E-state index is 12.1. The molecular formula is C15H18N6O2S. The number of carbonyl (C=O) groups excluding carboxylic acids is 2. The molecule has 2 N–H and O–H groups in total. The van der Waals surface area contributed by atoms with E-state index in [1.807, 2.05) is 18.2 Å². The van der Waals surface area contributed by atoms with Crippen molar-refractivity contribution in [3.05, 3.63) is 35.8 Å². The van der Waals surface area contributed by atoms with E-state index in [0.717, 1.165) is 18.8 Å². The highest BCUT2D eigenvalue weighted by Gasteiger charge is 2.21. The Hall–Kier alpha value is -2.68. The normalized spacial score (nSPS) is 14.3. The number of urea groups is 1. The molecule has 0 saturated carbocycles. The minimum atomic E-state index is -0.317. The molecule has 0 aliphatic carbocycles. The Morgan fingerprint density at radius 1 is 1.12 bits per heavy atom. The molecule has 1 fully saturated rings. The van der Waals surface area contributed by atoms with E-state index >= 15 is 0 Å². The molecule has 0 bridgehead atoms. The van der Waals surface area contributed by atoms with Crippen LogP contribution in [0, 0.1) is 0 Å². The van der Waals surface area contributed by atoms with Crippen molar-refractivity contribution in [1.29, 1.82) is 0 Å². The lowest BCUT2D eigenvalue weighted by Gasteiger charge is -2.36. The molecule has 126 valence electrons. The maximum absolute atomic E-state index is 12.1. The van der Waals surface area contributed by atoms with Gasteiger partial charge in [0, 0.05) is 31.9 Å². The largest absolute Gasteiger partial charge is 0.368 e. The number of nitrogens with one attached hydrogen (secondary N) is 2. The molecule has 1 aromatic carbocycles. The van der Waals surface area contributed by atoms with Crippen LogP contribution in [0.15, 0.2) is 35.8 Å². The number of aromatic nitrogens is 2. The molecule has 0 unspecified atom stereocenters. The summed E-state index contributed by atoms with van der Waals surface area (Å²) in [7, 11) is 0. The molecule has 1 saturated heterocycles. The Balaban J connectivity index is 1.41. The van der Waals surface area contributed by atoms with Gasteiger partial charge in [-0.25, -0.2) is 4.79 Å². The van der Waals surface area contributed by atoms with Crippen molar-refractivity contribution in [2.45, 2.75) is 0 Å². The highest BCUT2D eigenvalue weighted by Crippen LogP contribution is 2.15. The molecule has 0 atom stereocenters. The van der Waals surface area contributed by atoms with Gasteiger partial charge in [0.2, 0.25) is 11.0 Å². The van der Waals surface area contributed by atoms with Gasteiger partial charge >= 0.3 is 6.03 Å². The topological polar surface area (TPSA) is 90.5 Å². The number of rotatable bonds is 4. The Kier molecular flexibility index (Phi) is 5.22. The van der Waals surface area contributed by atoms with E-state index in [2.05, 4.69) is 37.9 Å². The minimum Gasteiger partial charge on any atom is -0.368 e.